The maximum absolute atomic E-state index is 11.0. The van der Waals surface area contributed by atoms with E-state index in [1.54, 1.807) is 0 Å². The lowest BCUT2D eigenvalue weighted by Gasteiger charge is -2.15. The van der Waals surface area contributed by atoms with Crippen LogP contribution in [0.1, 0.15) is 30.1 Å². The second-order valence-electron chi connectivity index (χ2n) is 3.95. The second kappa shape index (κ2) is 6.40. The van der Waals surface area contributed by atoms with E-state index in [-0.39, 0.29) is 11.6 Å². The van der Waals surface area contributed by atoms with Gasteiger partial charge >= 0.3 is 5.97 Å². The topological polar surface area (TPSA) is 92.5 Å². The standard InChI is InChI=1S/C13H14N2O4/c1-3-5-9(4-2)14-10-6-7-12(15(18)19)11(8-10)13(16)17/h1,6-9,14H,4-5H2,2H3,(H,16,17). The molecule has 0 heterocycles. The predicted molar refractivity (Wildman–Crippen MR) is 71.2 cm³/mol. The molecule has 1 rings (SSSR count). The van der Waals surface area contributed by atoms with Crippen molar-refractivity contribution in [2.24, 2.45) is 0 Å². The molecule has 1 unspecified atom stereocenters. The molecule has 0 saturated carbocycles. The number of aromatic carboxylic acids is 1. The van der Waals surface area contributed by atoms with E-state index in [9.17, 15) is 14.9 Å². The maximum Gasteiger partial charge on any atom is 0.342 e. The minimum Gasteiger partial charge on any atom is -0.477 e. The number of carboxylic acids is 1. The molecule has 0 aromatic heterocycles. The van der Waals surface area contributed by atoms with Crippen LogP contribution in [0.5, 0.6) is 0 Å². The lowest BCUT2D eigenvalue weighted by Crippen LogP contribution is -2.18. The Balaban J connectivity index is 3.05. The minimum atomic E-state index is -1.33. The molecule has 1 aromatic rings. The minimum absolute atomic E-state index is 0.00750. The summed E-state index contributed by atoms with van der Waals surface area (Å²) in [6.07, 6.45) is 6.49. The number of carboxylic acid groups (broad SMARTS) is 1. The van der Waals surface area contributed by atoms with Crippen LogP contribution in [0.4, 0.5) is 11.4 Å². The lowest BCUT2D eigenvalue weighted by atomic mass is 10.1. The monoisotopic (exact) mass is 262 g/mol. The predicted octanol–water partition coefficient (Wildman–Crippen LogP) is 2.51. The molecule has 0 fully saturated rings. The van der Waals surface area contributed by atoms with Crippen LogP contribution in [-0.4, -0.2) is 22.0 Å². The third-order valence-corrected chi connectivity index (χ3v) is 2.65. The summed E-state index contributed by atoms with van der Waals surface area (Å²) in [7, 11) is 0. The number of hydrogen-bond donors (Lipinski definition) is 2. The number of hydrogen-bond acceptors (Lipinski definition) is 4. The van der Waals surface area contributed by atoms with Gasteiger partial charge in [-0.05, 0) is 18.6 Å². The fraction of sp³-hybridized carbons (Fsp3) is 0.308. The highest BCUT2D eigenvalue weighted by Gasteiger charge is 2.20. The van der Waals surface area contributed by atoms with Crippen molar-refractivity contribution in [3.05, 3.63) is 33.9 Å². The first-order valence-corrected chi connectivity index (χ1v) is 5.71. The maximum atomic E-state index is 11.0. The Bertz CT molecular complexity index is 534. The number of nitro benzene ring substituents is 1. The van der Waals surface area contributed by atoms with Crippen LogP contribution >= 0.6 is 0 Å². The SMILES string of the molecule is C#CCC(CC)Nc1ccc([N+](=O)[O-])c(C(=O)O)c1. The summed E-state index contributed by atoms with van der Waals surface area (Å²) in [6.45, 7) is 1.94. The van der Waals surface area contributed by atoms with Gasteiger partial charge in [-0.15, -0.1) is 12.3 Å². The highest BCUT2D eigenvalue weighted by Crippen LogP contribution is 2.23. The fourth-order valence-corrected chi connectivity index (χ4v) is 1.63. The van der Waals surface area contributed by atoms with Gasteiger partial charge in [-0.3, -0.25) is 10.1 Å². The smallest absolute Gasteiger partial charge is 0.342 e. The van der Waals surface area contributed by atoms with Crippen molar-refractivity contribution in [2.45, 2.75) is 25.8 Å². The number of benzene rings is 1. The zero-order valence-electron chi connectivity index (χ0n) is 10.4. The molecule has 0 aliphatic carbocycles. The van der Waals surface area contributed by atoms with Gasteiger partial charge in [0.15, 0.2) is 0 Å². The molecule has 100 valence electrons. The van der Waals surface area contributed by atoms with E-state index in [1.807, 2.05) is 6.92 Å². The summed E-state index contributed by atoms with van der Waals surface area (Å²) in [5.74, 6) is 1.19. The second-order valence-corrected chi connectivity index (χ2v) is 3.95. The molecule has 0 aliphatic heterocycles. The fourth-order valence-electron chi connectivity index (χ4n) is 1.63. The third kappa shape index (κ3) is 3.71. The summed E-state index contributed by atoms with van der Waals surface area (Å²) in [4.78, 5) is 21.0. The van der Waals surface area contributed by atoms with E-state index in [2.05, 4.69) is 11.2 Å². The van der Waals surface area contributed by atoms with Crippen LogP contribution in [0.15, 0.2) is 18.2 Å². The Hall–Kier alpha value is -2.55. The van der Waals surface area contributed by atoms with E-state index in [0.717, 1.165) is 6.42 Å². The van der Waals surface area contributed by atoms with Crippen LogP contribution in [0.2, 0.25) is 0 Å². The molecular formula is C13H14N2O4. The molecule has 6 nitrogen and oxygen atoms in total. The Labute approximate surface area is 110 Å². The average molecular weight is 262 g/mol. The first-order valence-electron chi connectivity index (χ1n) is 5.71. The van der Waals surface area contributed by atoms with E-state index in [4.69, 9.17) is 11.5 Å². The van der Waals surface area contributed by atoms with E-state index >= 15 is 0 Å². The molecule has 0 aliphatic rings. The number of rotatable bonds is 6. The summed E-state index contributed by atoms with van der Waals surface area (Å²) in [6, 6.07) is 3.91. The van der Waals surface area contributed by atoms with Gasteiger partial charge in [-0.2, -0.15) is 0 Å². The molecule has 0 saturated heterocycles. The van der Waals surface area contributed by atoms with Gasteiger partial charge in [0.2, 0.25) is 0 Å². The van der Waals surface area contributed by atoms with E-state index in [1.165, 1.54) is 18.2 Å². The Kier molecular flexibility index (Phi) is 4.89. The Morgan fingerprint density at radius 3 is 2.79 bits per heavy atom. The Morgan fingerprint density at radius 2 is 2.32 bits per heavy atom. The molecule has 0 spiro atoms. The molecule has 6 heteroatoms. The summed E-state index contributed by atoms with van der Waals surface area (Å²) in [5.41, 5.74) is -0.265. The number of terminal acetylenes is 1. The van der Waals surface area contributed by atoms with Crippen molar-refractivity contribution in [1.82, 2.24) is 0 Å². The molecule has 1 atom stereocenters. The summed E-state index contributed by atoms with van der Waals surface area (Å²) in [5, 5.41) is 22.7. The van der Waals surface area contributed by atoms with Gasteiger partial charge in [0.25, 0.3) is 5.69 Å². The van der Waals surface area contributed by atoms with Crippen molar-refractivity contribution in [2.75, 3.05) is 5.32 Å². The molecule has 1 aromatic carbocycles. The van der Waals surface area contributed by atoms with Gasteiger partial charge in [0.05, 0.1) is 4.92 Å². The van der Waals surface area contributed by atoms with Crippen molar-refractivity contribution in [3.63, 3.8) is 0 Å². The number of nitrogens with zero attached hydrogens (tertiary/aromatic N) is 1. The van der Waals surface area contributed by atoms with Crippen LogP contribution in [0.25, 0.3) is 0 Å². The van der Waals surface area contributed by atoms with Crippen LogP contribution in [-0.2, 0) is 0 Å². The summed E-state index contributed by atoms with van der Waals surface area (Å²) < 4.78 is 0. The largest absolute Gasteiger partial charge is 0.477 e. The van der Waals surface area contributed by atoms with Crippen molar-refractivity contribution in [1.29, 1.82) is 0 Å². The highest BCUT2D eigenvalue weighted by molar-refractivity contribution is 5.93. The van der Waals surface area contributed by atoms with Crippen LogP contribution in [0, 0.1) is 22.5 Å². The molecule has 2 N–H and O–H groups in total. The molecule has 0 amide bonds. The molecule has 0 bridgehead atoms. The van der Waals surface area contributed by atoms with Gasteiger partial charge < -0.3 is 10.4 Å². The lowest BCUT2D eigenvalue weighted by molar-refractivity contribution is -0.385. The normalized spacial score (nSPS) is 11.4. The zero-order valence-corrected chi connectivity index (χ0v) is 10.4. The summed E-state index contributed by atoms with van der Waals surface area (Å²) >= 11 is 0. The van der Waals surface area contributed by atoms with E-state index in [0.29, 0.717) is 12.1 Å². The highest BCUT2D eigenvalue weighted by atomic mass is 16.6. The number of nitro groups is 1. The molecule has 19 heavy (non-hydrogen) atoms. The first kappa shape index (κ1) is 14.5. The van der Waals surface area contributed by atoms with Crippen molar-refractivity contribution >= 4 is 17.3 Å². The average Bonchev–Trinajstić information content (AvgIpc) is 2.37. The van der Waals surface area contributed by atoms with Crippen LogP contribution in [0.3, 0.4) is 0 Å². The number of carbonyl (C=O) groups is 1. The van der Waals surface area contributed by atoms with E-state index < -0.39 is 16.6 Å². The van der Waals surface area contributed by atoms with Crippen molar-refractivity contribution < 1.29 is 14.8 Å². The Morgan fingerprint density at radius 1 is 1.63 bits per heavy atom. The quantitative estimate of drug-likeness (QED) is 0.467. The van der Waals surface area contributed by atoms with Gasteiger partial charge in [0, 0.05) is 24.2 Å². The molecular weight excluding hydrogens is 248 g/mol. The number of nitrogens with one attached hydrogen (secondary N) is 1. The third-order valence-electron chi connectivity index (χ3n) is 2.65. The van der Waals surface area contributed by atoms with Crippen LogP contribution < -0.4 is 5.32 Å². The zero-order chi connectivity index (χ0) is 14.4. The van der Waals surface area contributed by atoms with Gasteiger partial charge in [-0.1, -0.05) is 6.92 Å². The number of anilines is 1. The molecule has 0 radical (unpaired) electrons. The van der Waals surface area contributed by atoms with Crippen molar-refractivity contribution in [3.8, 4) is 12.3 Å². The first-order chi connectivity index (χ1) is 8.99. The van der Waals surface area contributed by atoms with Gasteiger partial charge in [0.1, 0.15) is 5.56 Å². The van der Waals surface area contributed by atoms with Gasteiger partial charge in [-0.25, -0.2) is 4.79 Å².